The molecule has 1 N–H and O–H groups in total. The van der Waals surface area contributed by atoms with Crippen molar-refractivity contribution < 1.29 is 14.6 Å². The summed E-state index contributed by atoms with van der Waals surface area (Å²) in [6, 6.07) is 0. The van der Waals surface area contributed by atoms with Crippen molar-refractivity contribution in [2.45, 2.75) is 95.5 Å². The van der Waals surface area contributed by atoms with Gasteiger partial charge in [-0.15, -0.1) is 0 Å². The molecule has 0 bridgehead atoms. The van der Waals surface area contributed by atoms with Crippen LogP contribution in [0.2, 0.25) is 0 Å². The lowest BCUT2D eigenvalue weighted by Crippen LogP contribution is -2.57. The molecule has 0 aromatic carbocycles. The zero-order valence-electron chi connectivity index (χ0n) is 16.5. The Labute approximate surface area is 158 Å². The maximum absolute atomic E-state index is 10.3. The van der Waals surface area contributed by atoms with Gasteiger partial charge in [0.1, 0.15) is 5.60 Å². The van der Waals surface area contributed by atoms with Gasteiger partial charge in [-0.3, -0.25) is 0 Å². The average Bonchev–Trinajstić information content (AvgIpc) is 3.50. The lowest BCUT2D eigenvalue weighted by molar-refractivity contribution is -0.0970. The summed E-state index contributed by atoms with van der Waals surface area (Å²) in [5, 5.41) is 10.3. The Hall–Kier alpha value is -0.120. The second kappa shape index (κ2) is 5.48. The first-order valence-electron chi connectivity index (χ1n) is 11.5. The maximum atomic E-state index is 10.3. The molecule has 2 saturated heterocycles. The number of fused-ring (bicyclic) bond motifs is 4. The summed E-state index contributed by atoms with van der Waals surface area (Å²) >= 11 is 0. The van der Waals surface area contributed by atoms with E-state index in [9.17, 15) is 5.11 Å². The summed E-state index contributed by atoms with van der Waals surface area (Å²) < 4.78 is 12.0. The highest BCUT2D eigenvalue weighted by Crippen LogP contribution is 2.72. The van der Waals surface area contributed by atoms with Gasteiger partial charge >= 0.3 is 0 Å². The lowest BCUT2D eigenvalue weighted by Gasteiger charge is -2.57. The molecule has 146 valence electrons. The van der Waals surface area contributed by atoms with Crippen LogP contribution in [0, 0.1) is 40.9 Å². The fraction of sp³-hybridized carbons (Fsp3) is 1.00. The quantitative estimate of drug-likeness (QED) is 0.768. The molecule has 11 atom stereocenters. The first kappa shape index (κ1) is 16.8. The molecule has 6 aliphatic rings. The Bertz CT molecular complexity index is 588. The summed E-state index contributed by atoms with van der Waals surface area (Å²) in [6.45, 7) is 6.05. The van der Waals surface area contributed by atoms with Crippen LogP contribution in [0.3, 0.4) is 0 Å². The second-order valence-corrected chi connectivity index (χ2v) is 11.1. The maximum Gasteiger partial charge on any atom is 0.103 e. The normalized spacial score (nSPS) is 61.0. The van der Waals surface area contributed by atoms with E-state index in [1.807, 2.05) is 0 Å². The molecule has 26 heavy (non-hydrogen) atoms. The third kappa shape index (κ3) is 2.17. The van der Waals surface area contributed by atoms with Gasteiger partial charge in [-0.25, -0.2) is 0 Å². The fourth-order valence-electron chi connectivity index (χ4n) is 8.85. The summed E-state index contributed by atoms with van der Waals surface area (Å²) in [6.07, 6.45) is 12.4. The minimum absolute atomic E-state index is 0.0489. The van der Waals surface area contributed by atoms with E-state index in [0.29, 0.717) is 17.6 Å². The average molecular weight is 361 g/mol. The summed E-state index contributed by atoms with van der Waals surface area (Å²) in [4.78, 5) is 0. The summed E-state index contributed by atoms with van der Waals surface area (Å²) in [5.74, 6) is 5.44. The van der Waals surface area contributed by atoms with Crippen LogP contribution in [-0.4, -0.2) is 35.6 Å². The molecule has 6 fully saturated rings. The Balaban J connectivity index is 1.24. The minimum Gasteiger partial charge on any atom is -0.393 e. The zero-order chi connectivity index (χ0) is 17.7. The van der Waals surface area contributed by atoms with Gasteiger partial charge in [0.15, 0.2) is 0 Å². The van der Waals surface area contributed by atoms with Gasteiger partial charge in [0, 0.05) is 11.8 Å². The molecule has 4 saturated carbocycles. The number of hydrogen-bond donors (Lipinski definition) is 1. The summed E-state index contributed by atoms with van der Waals surface area (Å²) in [5.41, 5.74) is 0.379. The number of aliphatic hydroxyl groups is 1. The zero-order valence-corrected chi connectivity index (χ0v) is 16.5. The van der Waals surface area contributed by atoms with E-state index < -0.39 is 0 Å². The van der Waals surface area contributed by atoms with Crippen LogP contribution in [0.15, 0.2) is 0 Å². The van der Waals surface area contributed by atoms with Gasteiger partial charge in [0.2, 0.25) is 0 Å². The monoisotopic (exact) mass is 360 g/mol. The van der Waals surface area contributed by atoms with Gasteiger partial charge in [-0.05, 0) is 86.9 Å². The van der Waals surface area contributed by atoms with Crippen molar-refractivity contribution in [3.63, 3.8) is 0 Å². The highest BCUT2D eigenvalue weighted by atomic mass is 16.6. The fourth-order valence-corrected chi connectivity index (χ4v) is 8.85. The molecule has 2 aliphatic heterocycles. The number of rotatable bonds is 3. The molecule has 0 aromatic rings. The van der Waals surface area contributed by atoms with Crippen LogP contribution < -0.4 is 0 Å². The highest BCUT2D eigenvalue weighted by Gasteiger charge is 2.75. The van der Waals surface area contributed by atoms with Crippen LogP contribution in [0.1, 0.15) is 71.6 Å². The third-order valence-corrected chi connectivity index (χ3v) is 10.2. The summed E-state index contributed by atoms with van der Waals surface area (Å²) in [7, 11) is 0. The van der Waals surface area contributed by atoms with Crippen molar-refractivity contribution >= 4 is 0 Å². The van der Waals surface area contributed by atoms with Crippen LogP contribution in [0.25, 0.3) is 0 Å². The standard InChI is InChI=1S/C23H36O3/c1-13(9-15-12-25-15)16-3-4-18-17(16)5-6-20-19(18)10-21-23(26-21)11-14(24)7-8-22(20,23)2/h13-21,24H,3-12H2,1-2H3/t13-,14?,15+,16?,17?,18?,19?,20?,21?,22+,23?/m0/s1. The Morgan fingerprint density at radius 2 is 1.88 bits per heavy atom. The molecule has 8 unspecified atom stereocenters. The molecule has 0 radical (unpaired) electrons. The third-order valence-electron chi connectivity index (χ3n) is 10.2. The van der Waals surface area contributed by atoms with Gasteiger partial charge in [0.05, 0.1) is 24.9 Å². The van der Waals surface area contributed by atoms with Crippen molar-refractivity contribution in [1.82, 2.24) is 0 Å². The Morgan fingerprint density at radius 1 is 1.08 bits per heavy atom. The predicted molar refractivity (Wildman–Crippen MR) is 99.6 cm³/mol. The van der Waals surface area contributed by atoms with Gasteiger partial charge in [0.25, 0.3) is 0 Å². The van der Waals surface area contributed by atoms with Gasteiger partial charge < -0.3 is 14.6 Å². The van der Waals surface area contributed by atoms with E-state index in [2.05, 4.69) is 13.8 Å². The molecule has 3 heteroatoms. The van der Waals surface area contributed by atoms with Crippen molar-refractivity contribution in [3.8, 4) is 0 Å². The van der Waals surface area contributed by atoms with E-state index in [1.54, 1.807) is 0 Å². The van der Waals surface area contributed by atoms with Gasteiger partial charge in [-0.1, -0.05) is 13.8 Å². The Morgan fingerprint density at radius 3 is 2.69 bits per heavy atom. The van der Waals surface area contributed by atoms with E-state index in [1.165, 1.54) is 44.9 Å². The highest BCUT2D eigenvalue weighted by molar-refractivity contribution is 5.23. The van der Waals surface area contributed by atoms with Crippen LogP contribution in [-0.2, 0) is 9.47 Å². The molecule has 3 nitrogen and oxygen atoms in total. The van der Waals surface area contributed by atoms with Crippen molar-refractivity contribution in [2.24, 2.45) is 40.9 Å². The molecule has 4 aliphatic carbocycles. The van der Waals surface area contributed by atoms with Crippen LogP contribution in [0.5, 0.6) is 0 Å². The number of ether oxygens (including phenoxy) is 2. The van der Waals surface area contributed by atoms with Crippen molar-refractivity contribution in [2.75, 3.05) is 6.61 Å². The smallest absolute Gasteiger partial charge is 0.103 e. The number of aliphatic hydroxyl groups excluding tert-OH is 1. The van der Waals surface area contributed by atoms with E-state index in [-0.39, 0.29) is 11.7 Å². The topological polar surface area (TPSA) is 45.3 Å². The largest absolute Gasteiger partial charge is 0.393 e. The SMILES string of the molecule is C[C@@H](C[C@@H]1CO1)C1CCC2C1CCC1C2CC2OC23CC(O)CC[C@]13C. The molecule has 0 aromatic heterocycles. The van der Waals surface area contributed by atoms with Crippen LogP contribution >= 0.6 is 0 Å². The number of hydrogen-bond acceptors (Lipinski definition) is 3. The first-order chi connectivity index (χ1) is 12.5. The first-order valence-corrected chi connectivity index (χ1v) is 11.5. The van der Waals surface area contributed by atoms with E-state index in [4.69, 9.17) is 9.47 Å². The van der Waals surface area contributed by atoms with E-state index in [0.717, 1.165) is 55.0 Å². The second-order valence-electron chi connectivity index (χ2n) is 11.1. The van der Waals surface area contributed by atoms with Crippen LogP contribution in [0.4, 0.5) is 0 Å². The van der Waals surface area contributed by atoms with Gasteiger partial charge in [-0.2, -0.15) is 0 Å². The van der Waals surface area contributed by atoms with Crippen molar-refractivity contribution in [3.05, 3.63) is 0 Å². The molecule has 1 spiro atoms. The molecule has 2 heterocycles. The van der Waals surface area contributed by atoms with Crippen molar-refractivity contribution in [1.29, 1.82) is 0 Å². The minimum atomic E-state index is -0.123. The Kier molecular flexibility index (Phi) is 3.54. The molecular weight excluding hydrogens is 324 g/mol. The molecular formula is C23H36O3. The molecule has 0 amide bonds. The van der Waals surface area contributed by atoms with E-state index >= 15 is 0 Å². The molecule has 6 rings (SSSR count). The lowest BCUT2D eigenvalue weighted by atomic mass is 9.46. The number of epoxide rings is 2. The predicted octanol–water partition coefficient (Wildman–Crippen LogP) is 4.17.